The fraction of sp³-hybridized carbons (Fsp3) is 0.842. The molecule has 2 saturated heterocycles. The van der Waals surface area contributed by atoms with Crippen LogP contribution in [0.2, 0.25) is 0 Å². The van der Waals surface area contributed by atoms with Gasteiger partial charge in [0.05, 0.1) is 12.4 Å². The van der Waals surface area contributed by atoms with Gasteiger partial charge in [-0.25, -0.2) is 13.1 Å². The molecule has 1 unspecified atom stereocenters. The molecule has 2 rings (SSSR count). The summed E-state index contributed by atoms with van der Waals surface area (Å²) >= 11 is 0. The molecule has 2 heterocycles. The summed E-state index contributed by atoms with van der Waals surface area (Å²) in [6.45, 7) is 3.70. The minimum absolute atomic E-state index is 0.142. The maximum atomic E-state index is 12.1. The molecule has 2 bridgehead atoms. The second-order valence-electron chi connectivity index (χ2n) is 8.56. The number of primary amides is 1. The molecule has 0 aromatic carbocycles. The van der Waals surface area contributed by atoms with E-state index in [-0.39, 0.29) is 24.4 Å². The molecule has 30 heavy (non-hydrogen) atoms. The van der Waals surface area contributed by atoms with Gasteiger partial charge in [-0.1, -0.05) is 0 Å². The lowest BCUT2D eigenvalue weighted by Crippen LogP contribution is -2.60. The molecule has 0 saturated carbocycles. The molecule has 2 aliphatic rings. The van der Waals surface area contributed by atoms with E-state index >= 15 is 0 Å². The molecule has 2 fully saturated rings. The number of aliphatic hydroxyl groups excluding tert-OH is 1. The summed E-state index contributed by atoms with van der Waals surface area (Å²) < 4.78 is 24.7. The predicted molar refractivity (Wildman–Crippen MR) is 114 cm³/mol. The maximum Gasteiger partial charge on any atom is 0.237 e. The van der Waals surface area contributed by atoms with Gasteiger partial charge in [-0.2, -0.15) is 0 Å². The number of carbonyl (C=O) groups excluding carboxylic acids is 2. The number of hydrogen-bond donors (Lipinski definition) is 3. The molecule has 0 aromatic heterocycles. The molecule has 2 amide bonds. The van der Waals surface area contributed by atoms with Crippen LogP contribution in [0.1, 0.15) is 32.6 Å². The lowest BCUT2D eigenvalue weighted by molar-refractivity contribution is -0.134. The van der Waals surface area contributed by atoms with Crippen LogP contribution in [-0.2, 0) is 19.6 Å². The zero-order valence-corrected chi connectivity index (χ0v) is 19.0. The van der Waals surface area contributed by atoms with Crippen LogP contribution >= 0.6 is 0 Å². The number of carbonyl (C=O) groups is 2. The van der Waals surface area contributed by atoms with E-state index in [9.17, 15) is 23.1 Å². The molecule has 0 aliphatic carbocycles. The van der Waals surface area contributed by atoms with Gasteiger partial charge >= 0.3 is 0 Å². The van der Waals surface area contributed by atoms with Crippen LogP contribution in [0.3, 0.4) is 0 Å². The largest absolute Gasteiger partial charge is 0.390 e. The highest BCUT2D eigenvalue weighted by Crippen LogP contribution is 2.43. The standard InChI is InChI=1S/C19H36N5O5S/c1-15(25)23(12-11-22(2)10-9-21-30(3,28)29)13-17(26)14-24-16-5-4-7-19(24,8-6-16)18(20)27/h4,16-17,21,26H,5-14H2,1-3H3,(H2,20,27)/t16-,17?,19+/m1/s1. The third kappa shape index (κ3) is 6.61. The maximum absolute atomic E-state index is 12.1. The quantitative estimate of drug-likeness (QED) is 0.327. The van der Waals surface area contributed by atoms with Crippen molar-refractivity contribution in [3.05, 3.63) is 6.42 Å². The van der Waals surface area contributed by atoms with Crippen molar-refractivity contribution < 1.29 is 23.1 Å². The summed E-state index contributed by atoms with van der Waals surface area (Å²) in [4.78, 5) is 29.7. The van der Waals surface area contributed by atoms with E-state index in [4.69, 9.17) is 5.73 Å². The zero-order valence-electron chi connectivity index (χ0n) is 18.2. The van der Waals surface area contributed by atoms with Crippen molar-refractivity contribution in [2.45, 2.75) is 50.3 Å². The number of aliphatic hydroxyl groups is 1. The van der Waals surface area contributed by atoms with Crippen LogP contribution in [0.5, 0.6) is 0 Å². The Bertz CT molecular complexity index is 714. The normalized spacial score (nSPS) is 25.4. The molecular formula is C19H36N5O5S. The number of likely N-dealkylation sites (N-methyl/N-ethyl adjacent to an activating group) is 1. The Morgan fingerprint density at radius 2 is 2.07 bits per heavy atom. The lowest BCUT2D eigenvalue weighted by atomic mass is 9.87. The molecule has 4 N–H and O–H groups in total. The summed E-state index contributed by atoms with van der Waals surface area (Å²) in [6, 6.07) is 0.208. The molecule has 0 spiro atoms. The number of fused-ring (bicyclic) bond motifs is 2. The van der Waals surface area contributed by atoms with Gasteiger partial charge in [0, 0.05) is 52.2 Å². The van der Waals surface area contributed by atoms with Crippen molar-refractivity contribution in [1.29, 1.82) is 0 Å². The summed E-state index contributed by atoms with van der Waals surface area (Å²) in [6.07, 6.45) is 5.51. The van der Waals surface area contributed by atoms with Crippen molar-refractivity contribution in [2.24, 2.45) is 5.73 Å². The first-order chi connectivity index (χ1) is 13.9. The molecule has 0 aromatic rings. The average molecular weight is 447 g/mol. The summed E-state index contributed by atoms with van der Waals surface area (Å²) in [5.74, 6) is -0.489. The van der Waals surface area contributed by atoms with Crippen LogP contribution in [0.4, 0.5) is 0 Å². The fourth-order valence-corrected chi connectivity index (χ4v) is 4.93. The van der Waals surface area contributed by atoms with Crippen LogP contribution in [0.15, 0.2) is 0 Å². The third-order valence-corrected chi connectivity index (χ3v) is 6.88. The van der Waals surface area contributed by atoms with Crippen molar-refractivity contribution >= 4 is 21.8 Å². The van der Waals surface area contributed by atoms with Crippen molar-refractivity contribution in [2.75, 3.05) is 52.6 Å². The Labute approximate surface area is 179 Å². The number of sulfonamides is 1. The van der Waals surface area contributed by atoms with Gasteiger partial charge in [0.2, 0.25) is 21.8 Å². The molecule has 3 atom stereocenters. The molecule has 173 valence electrons. The minimum atomic E-state index is -3.22. The molecular weight excluding hydrogens is 410 g/mol. The van der Waals surface area contributed by atoms with E-state index in [0.29, 0.717) is 45.6 Å². The number of nitrogens with two attached hydrogens (primary N) is 1. The lowest BCUT2D eigenvalue weighted by Gasteiger charge is -2.43. The average Bonchev–Trinajstić information content (AvgIpc) is 2.83. The van der Waals surface area contributed by atoms with Gasteiger partial charge < -0.3 is 20.6 Å². The number of nitrogens with one attached hydrogen (secondary N) is 1. The molecule has 1 radical (unpaired) electrons. The molecule has 2 aliphatic heterocycles. The van der Waals surface area contributed by atoms with Gasteiger partial charge in [0.15, 0.2) is 0 Å². The first-order valence-electron chi connectivity index (χ1n) is 10.4. The fourth-order valence-electron chi connectivity index (χ4n) is 4.46. The number of β-amino-alcohol motifs (C(OH)–C–C–N with tert-alkyl or cyclic N) is 1. The summed E-state index contributed by atoms with van der Waals surface area (Å²) in [5, 5.41) is 10.7. The summed E-state index contributed by atoms with van der Waals surface area (Å²) in [5.41, 5.74) is 5.00. The molecule has 11 heteroatoms. The van der Waals surface area contributed by atoms with E-state index in [1.54, 1.807) is 4.90 Å². The Kier molecular flexibility index (Phi) is 8.63. The SMILES string of the molecule is CC(=O)N(CCN(C)CCNS(C)(=O)=O)CC(O)CN1[C@@H]2C[CH]C[C@@]1(C(N)=O)CC2. The predicted octanol–water partition coefficient (Wildman–Crippen LogP) is -1.64. The van der Waals surface area contributed by atoms with Gasteiger partial charge in [0.1, 0.15) is 5.54 Å². The second-order valence-corrected chi connectivity index (χ2v) is 10.4. The highest BCUT2D eigenvalue weighted by Gasteiger charge is 2.52. The highest BCUT2D eigenvalue weighted by molar-refractivity contribution is 7.88. The van der Waals surface area contributed by atoms with Crippen molar-refractivity contribution in [1.82, 2.24) is 19.4 Å². The van der Waals surface area contributed by atoms with Crippen molar-refractivity contribution in [3.8, 4) is 0 Å². The number of piperidine rings is 1. The Hall–Kier alpha value is -1.27. The number of nitrogens with zero attached hydrogens (tertiary/aromatic N) is 3. The monoisotopic (exact) mass is 446 g/mol. The highest BCUT2D eigenvalue weighted by atomic mass is 32.2. The van der Waals surface area contributed by atoms with E-state index in [2.05, 4.69) is 11.1 Å². The van der Waals surface area contributed by atoms with Crippen LogP contribution in [0, 0.1) is 6.42 Å². The van der Waals surface area contributed by atoms with Crippen LogP contribution in [-0.4, -0.2) is 110 Å². The molecule has 10 nitrogen and oxygen atoms in total. The Balaban J connectivity index is 1.86. The van der Waals surface area contributed by atoms with Gasteiger partial charge in [0.25, 0.3) is 0 Å². The van der Waals surface area contributed by atoms with E-state index < -0.39 is 21.7 Å². The minimum Gasteiger partial charge on any atom is -0.390 e. The zero-order chi connectivity index (χ0) is 22.5. The van der Waals surface area contributed by atoms with Gasteiger partial charge in [-0.3, -0.25) is 14.5 Å². The van der Waals surface area contributed by atoms with E-state index in [1.807, 2.05) is 16.8 Å². The van der Waals surface area contributed by atoms with Gasteiger partial charge in [-0.15, -0.1) is 0 Å². The first kappa shape index (κ1) is 25.0. The van der Waals surface area contributed by atoms with Crippen LogP contribution in [0.25, 0.3) is 0 Å². The first-order valence-corrected chi connectivity index (χ1v) is 12.3. The summed E-state index contributed by atoms with van der Waals surface area (Å²) in [7, 11) is -1.38. The number of hydrogen-bond acceptors (Lipinski definition) is 7. The topological polar surface area (TPSA) is 136 Å². The Morgan fingerprint density at radius 1 is 1.37 bits per heavy atom. The van der Waals surface area contributed by atoms with E-state index in [1.165, 1.54) is 6.92 Å². The third-order valence-electron chi connectivity index (χ3n) is 6.15. The van der Waals surface area contributed by atoms with Gasteiger partial charge in [-0.05, 0) is 39.2 Å². The van der Waals surface area contributed by atoms with Crippen molar-refractivity contribution in [3.63, 3.8) is 0 Å². The smallest absolute Gasteiger partial charge is 0.237 e. The van der Waals surface area contributed by atoms with Crippen LogP contribution < -0.4 is 10.5 Å². The number of rotatable bonds is 12. The second kappa shape index (κ2) is 10.4. The Morgan fingerprint density at radius 3 is 2.67 bits per heavy atom. The number of amides is 2. The van der Waals surface area contributed by atoms with E-state index in [0.717, 1.165) is 19.1 Å².